The second-order valence-corrected chi connectivity index (χ2v) is 7.28. The van der Waals surface area contributed by atoms with Crippen LogP contribution in [-0.4, -0.2) is 56.7 Å². The van der Waals surface area contributed by atoms with Gasteiger partial charge in [-0.3, -0.25) is 4.90 Å². The Bertz CT molecular complexity index is 892. The average Bonchev–Trinajstić information content (AvgIpc) is 3.15. The number of carboxylic acids is 1. The summed E-state index contributed by atoms with van der Waals surface area (Å²) in [6.07, 6.45) is -7.86. The molecule has 2 aromatic rings. The summed E-state index contributed by atoms with van der Waals surface area (Å²) in [5.74, 6) is -3.29. The lowest BCUT2D eigenvalue weighted by molar-refractivity contribution is -0.192. The number of carbonyl (C=O) groups is 1. The maximum atomic E-state index is 12.7. The highest BCUT2D eigenvalue weighted by Gasteiger charge is 2.42. The van der Waals surface area contributed by atoms with Gasteiger partial charge in [0.2, 0.25) is 5.89 Å². The van der Waals surface area contributed by atoms with E-state index in [4.69, 9.17) is 14.3 Å². The number of phenolic OH excluding ortho intramolecular Hbond substituents is 1. The molecule has 3 rings (SSSR count). The van der Waals surface area contributed by atoms with Gasteiger partial charge in [0.1, 0.15) is 5.75 Å². The van der Waals surface area contributed by atoms with E-state index in [1.54, 1.807) is 18.2 Å². The first kappa shape index (κ1) is 25.4. The summed E-state index contributed by atoms with van der Waals surface area (Å²) >= 11 is 0. The number of aliphatic carboxylic acids is 1. The predicted molar refractivity (Wildman–Crippen MR) is 98.4 cm³/mol. The highest BCUT2D eigenvalue weighted by Crippen LogP contribution is 2.38. The highest BCUT2D eigenvalue weighted by atomic mass is 19.4. The number of hydrogen-bond acceptors (Lipinski definition) is 6. The Kier molecular flexibility index (Phi) is 8.10. The average molecular weight is 469 g/mol. The first-order chi connectivity index (χ1) is 14.8. The van der Waals surface area contributed by atoms with Gasteiger partial charge in [-0.15, -0.1) is 10.2 Å². The number of phenols is 1. The number of rotatable bonds is 4. The summed E-state index contributed by atoms with van der Waals surface area (Å²) in [5, 5.41) is 24.9. The van der Waals surface area contributed by atoms with E-state index in [9.17, 15) is 31.4 Å². The van der Waals surface area contributed by atoms with E-state index in [1.807, 2.05) is 11.9 Å². The molecule has 13 heteroatoms. The summed E-state index contributed by atoms with van der Waals surface area (Å²) in [4.78, 5) is 10.8. The van der Waals surface area contributed by atoms with Gasteiger partial charge in [0.05, 0.1) is 18.0 Å². The van der Waals surface area contributed by atoms with Gasteiger partial charge in [0.15, 0.2) is 0 Å². The van der Waals surface area contributed by atoms with Crippen molar-refractivity contribution in [3.8, 4) is 17.2 Å². The summed E-state index contributed by atoms with van der Waals surface area (Å²) in [5.41, 5.74) is 0.453. The first-order valence-electron chi connectivity index (χ1n) is 9.46. The van der Waals surface area contributed by atoms with Crippen LogP contribution in [0.3, 0.4) is 0 Å². The number of benzene rings is 1. The molecule has 1 aliphatic carbocycles. The minimum atomic E-state index is -5.08. The second-order valence-electron chi connectivity index (χ2n) is 7.28. The molecular weight excluding hydrogens is 448 g/mol. The van der Waals surface area contributed by atoms with E-state index < -0.39 is 24.2 Å². The zero-order valence-electron chi connectivity index (χ0n) is 16.8. The van der Waals surface area contributed by atoms with Crippen molar-refractivity contribution in [1.29, 1.82) is 0 Å². The molecule has 0 spiro atoms. The van der Waals surface area contributed by atoms with E-state index in [-0.39, 0.29) is 30.5 Å². The molecule has 0 amide bonds. The van der Waals surface area contributed by atoms with Crippen LogP contribution in [-0.2, 0) is 11.3 Å². The summed E-state index contributed by atoms with van der Waals surface area (Å²) < 4.78 is 75.6. The first-order valence-corrected chi connectivity index (χ1v) is 9.46. The number of aromatic nitrogens is 2. The Hall–Kier alpha value is -2.83. The fourth-order valence-corrected chi connectivity index (χ4v) is 3.27. The van der Waals surface area contributed by atoms with Gasteiger partial charge >= 0.3 is 18.3 Å². The molecule has 178 valence electrons. The lowest BCUT2D eigenvalue weighted by Gasteiger charge is -2.34. The van der Waals surface area contributed by atoms with E-state index in [0.717, 1.165) is 0 Å². The van der Waals surface area contributed by atoms with Crippen LogP contribution < -0.4 is 0 Å². The van der Waals surface area contributed by atoms with Crippen molar-refractivity contribution < 1.29 is 45.8 Å². The largest absolute Gasteiger partial charge is 0.507 e. The van der Waals surface area contributed by atoms with Crippen molar-refractivity contribution in [2.45, 2.75) is 50.6 Å². The van der Waals surface area contributed by atoms with Crippen LogP contribution in [0.2, 0.25) is 0 Å². The number of para-hydroxylation sites is 1. The van der Waals surface area contributed by atoms with Crippen molar-refractivity contribution in [2.24, 2.45) is 5.92 Å². The van der Waals surface area contributed by atoms with Crippen molar-refractivity contribution in [1.82, 2.24) is 15.1 Å². The zero-order chi connectivity index (χ0) is 24.1. The highest BCUT2D eigenvalue weighted by molar-refractivity contribution is 5.73. The Morgan fingerprint density at radius 1 is 1.09 bits per heavy atom. The fourth-order valence-electron chi connectivity index (χ4n) is 3.27. The molecule has 0 atom stereocenters. The van der Waals surface area contributed by atoms with Crippen LogP contribution >= 0.6 is 0 Å². The molecule has 0 unspecified atom stereocenters. The van der Waals surface area contributed by atoms with Crippen LogP contribution in [0.5, 0.6) is 5.75 Å². The summed E-state index contributed by atoms with van der Waals surface area (Å²) in [7, 11) is 1.85. The molecule has 0 saturated heterocycles. The van der Waals surface area contributed by atoms with Crippen LogP contribution in [0.1, 0.15) is 31.6 Å². The number of alkyl halides is 6. The van der Waals surface area contributed by atoms with Crippen LogP contribution in [0.25, 0.3) is 11.5 Å². The Labute approximate surface area is 178 Å². The van der Waals surface area contributed by atoms with E-state index >= 15 is 0 Å². The molecule has 0 radical (unpaired) electrons. The monoisotopic (exact) mass is 469 g/mol. The SMILES string of the molecule is CN(Cc1nnc(-c2ccccc2O)o1)C1CCC(C(F)(F)F)CC1.O=C(O)C(F)(F)F. The van der Waals surface area contributed by atoms with Crippen LogP contribution in [0, 0.1) is 5.92 Å². The number of nitrogens with zero attached hydrogens (tertiary/aromatic N) is 3. The molecule has 7 nitrogen and oxygen atoms in total. The van der Waals surface area contributed by atoms with E-state index in [0.29, 0.717) is 30.8 Å². The fraction of sp³-hybridized carbons (Fsp3) is 0.526. The molecule has 1 fully saturated rings. The Balaban J connectivity index is 0.000000451. The molecule has 0 bridgehead atoms. The van der Waals surface area contributed by atoms with E-state index in [2.05, 4.69) is 10.2 Å². The van der Waals surface area contributed by atoms with Gasteiger partial charge in [-0.2, -0.15) is 26.3 Å². The van der Waals surface area contributed by atoms with E-state index in [1.165, 1.54) is 6.07 Å². The van der Waals surface area contributed by atoms with Gasteiger partial charge in [-0.1, -0.05) is 12.1 Å². The molecule has 2 N–H and O–H groups in total. The number of halogens is 6. The second kappa shape index (κ2) is 10.2. The third kappa shape index (κ3) is 7.11. The predicted octanol–water partition coefficient (Wildman–Crippen LogP) is 4.63. The molecular formula is C19H21F6N3O4. The van der Waals surface area contributed by atoms with Crippen molar-refractivity contribution in [3.05, 3.63) is 30.2 Å². The summed E-state index contributed by atoms with van der Waals surface area (Å²) in [6, 6.07) is 6.73. The number of hydrogen-bond donors (Lipinski definition) is 2. The van der Waals surface area contributed by atoms with Crippen molar-refractivity contribution >= 4 is 5.97 Å². The Morgan fingerprint density at radius 3 is 2.16 bits per heavy atom. The number of aromatic hydroxyl groups is 1. The molecule has 1 aromatic heterocycles. The molecule has 0 aliphatic heterocycles. The topological polar surface area (TPSA) is 99.7 Å². The van der Waals surface area contributed by atoms with Gasteiger partial charge in [-0.05, 0) is 44.9 Å². The minimum Gasteiger partial charge on any atom is -0.507 e. The van der Waals surface area contributed by atoms with Gasteiger partial charge in [0.25, 0.3) is 5.89 Å². The van der Waals surface area contributed by atoms with Gasteiger partial charge in [0, 0.05) is 6.04 Å². The normalized spacial score (nSPS) is 19.4. The quantitative estimate of drug-likeness (QED) is 0.630. The van der Waals surface area contributed by atoms with Crippen molar-refractivity contribution in [2.75, 3.05) is 7.05 Å². The lowest BCUT2D eigenvalue weighted by atomic mass is 9.85. The maximum absolute atomic E-state index is 12.7. The summed E-state index contributed by atoms with van der Waals surface area (Å²) in [6.45, 7) is 0.363. The third-order valence-corrected chi connectivity index (χ3v) is 5.01. The zero-order valence-corrected chi connectivity index (χ0v) is 16.8. The minimum absolute atomic E-state index is 0.0523. The van der Waals surface area contributed by atoms with Crippen molar-refractivity contribution in [3.63, 3.8) is 0 Å². The molecule has 1 aromatic carbocycles. The molecule has 32 heavy (non-hydrogen) atoms. The van der Waals surface area contributed by atoms with Gasteiger partial charge in [-0.25, -0.2) is 4.79 Å². The maximum Gasteiger partial charge on any atom is 0.490 e. The Morgan fingerprint density at radius 2 is 1.66 bits per heavy atom. The molecule has 1 heterocycles. The van der Waals surface area contributed by atoms with Gasteiger partial charge < -0.3 is 14.6 Å². The third-order valence-electron chi connectivity index (χ3n) is 5.01. The lowest BCUT2D eigenvalue weighted by Crippen LogP contribution is -2.38. The van der Waals surface area contributed by atoms with Crippen LogP contribution in [0.4, 0.5) is 26.3 Å². The molecule has 1 saturated carbocycles. The molecule has 1 aliphatic rings. The standard InChI is InChI=1S/C17H20F3N3O2.C2HF3O2/c1-23(12-8-6-11(7-9-12)17(18,19)20)10-15-21-22-16(25-15)13-4-2-3-5-14(13)24;3-2(4,5)1(6)7/h2-5,11-12,24H,6-10H2,1H3;(H,6,7). The van der Waals surface area contributed by atoms with Crippen LogP contribution in [0.15, 0.2) is 28.7 Å². The smallest absolute Gasteiger partial charge is 0.490 e. The number of carboxylic acid groups (broad SMARTS) is 1.